The number of aromatic nitrogens is 1. The van der Waals surface area contributed by atoms with Crippen LogP contribution in [0.4, 0.5) is 0 Å². The molecule has 0 spiro atoms. The number of rotatable bonds is 4. The topological polar surface area (TPSA) is 31.4 Å². The monoisotopic (exact) mass is 193 g/mol. The molecule has 0 amide bonds. The summed E-state index contributed by atoms with van der Waals surface area (Å²) in [5.74, 6) is 0.764. The molecule has 0 aliphatic heterocycles. The van der Waals surface area contributed by atoms with Gasteiger partial charge in [0.1, 0.15) is 5.75 Å². The first-order valence-corrected chi connectivity index (χ1v) is 4.50. The van der Waals surface area contributed by atoms with Crippen LogP contribution in [-0.4, -0.2) is 18.9 Å². The Hall–Kier alpha value is -1.35. The molecule has 0 radical (unpaired) electrons. The Bertz CT molecular complexity index is 321. The molecule has 0 aliphatic rings. The molecule has 0 saturated carbocycles. The van der Waals surface area contributed by atoms with Gasteiger partial charge >= 0.3 is 0 Å². The lowest BCUT2D eigenvalue weighted by Crippen LogP contribution is -2.01. The Morgan fingerprint density at radius 1 is 1.43 bits per heavy atom. The van der Waals surface area contributed by atoms with Gasteiger partial charge in [-0.25, -0.2) is 4.98 Å². The minimum absolute atomic E-state index is 0.255. The summed E-state index contributed by atoms with van der Waals surface area (Å²) in [6.07, 6.45) is 3.91. The van der Waals surface area contributed by atoms with E-state index < -0.39 is 0 Å². The third-order valence-corrected chi connectivity index (χ3v) is 1.73. The lowest BCUT2D eigenvalue weighted by molar-refractivity contribution is 0.0503. The third-order valence-electron chi connectivity index (χ3n) is 1.73. The predicted molar refractivity (Wildman–Crippen MR) is 56.2 cm³/mol. The Balaban J connectivity index is 2.79. The van der Waals surface area contributed by atoms with Crippen molar-refractivity contribution in [3.8, 4) is 5.75 Å². The van der Waals surface area contributed by atoms with E-state index in [0.717, 1.165) is 17.1 Å². The minimum atomic E-state index is 0.255. The summed E-state index contributed by atoms with van der Waals surface area (Å²) in [5.41, 5.74) is 1.81. The number of ether oxygens (including phenoxy) is 2. The van der Waals surface area contributed by atoms with Crippen molar-refractivity contribution in [1.29, 1.82) is 0 Å². The Kier molecular flexibility index (Phi) is 4.13. The molecule has 1 aromatic heterocycles. The molecule has 1 aromatic rings. The zero-order valence-electron chi connectivity index (χ0n) is 8.78. The van der Waals surface area contributed by atoms with E-state index in [4.69, 9.17) is 9.47 Å². The van der Waals surface area contributed by atoms with Crippen LogP contribution in [0.3, 0.4) is 0 Å². The molecule has 3 heteroatoms. The van der Waals surface area contributed by atoms with E-state index in [0.29, 0.717) is 0 Å². The number of hydrogen-bond donors (Lipinski definition) is 0. The van der Waals surface area contributed by atoms with Crippen molar-refractivity contribution in [2.75, 3.05) is 13.9 Å². The number of hydrogen-bond acceptors (Lipinski definition) is 3. The fourth-order valence-electron chi connectivity index (χ4n) is 1.11. The van der Waals surface area contributed by atoms with Gasteiger partial charge in [-0.2, -0.15) is 0 Å². The second-order valence-corrected chi connectivity index (χ2v) is 2.87. The first-order chi connectivity index (χ1) is 6.77. The Morgan fingerprint density at radius 2 is 2.21 bits per heavy atom. The number of nitrogens with zero attached hydrogens (tertiary/aromatic N) is 1. The molecule has 14 heavy (non-hydrogen) atoms. The van der Waals surface area contributed by atoms with Gasteiger partial charge in [0.2, 0.25) is 0 Å². The summed E-state index contributed by atoms with van der Waals surface area (Å²) >= 11 is 0. The van der Waals surface area contributed by atoms with Crippen LogP contribution in [0.1, 0.15) is 18.3 Å². The molecular weight excluding hydrogens is 178 g/mol. The molecule has 76 valence electrons. The average molecular weight is 193 g/mol. The number of aryl methyl sites for hydroxylation is 1. The first kappa shape index (κ1) is 10.7. The lowest BCUT2D eigenvalue weighted by Gasteiger charge is -2.07. The summed E-state index contributed by atoms with van der Waals surface area (Å²) in [6.45, 7) is 4.13. The largest absolute Gasteiger partial charge is 0.466 e. The Morgan fingerprint density at radius 3 is 2.79 bits per heavy atom. The van der Waals surface area contributed by atoms with Crippen molar-refractivity contribution in [2.45, 2.75) is 13.8 Å². The molecular formula is C11H15NO2. The van der Waals surface area contributed by atoms with Crippen LogP contribution in [0.15, 0.2) is 18.2 Å². The van der Waals surface area contributed by atoms with Crippen molar-refractivity contribution in [1.82, 2.24) is 4.98 Å². The Labute approximate surface area is 84.4 Å². The van der Waals surface area contributed by atoms with E-state index in [9.17, 15) is 0 Å². The highest BCUT2D eigenvalue weighted by molar-refractivity contribution is 5.46. The lowest BCUT2D eigenvalue weighted by atomic mass is 10.3. The molecule has 1 rings (SSSR count). The fraction of sp³-hybridized carbons (Fsp3) is 0.364. The quantitative estimate of drug-likeness (QED) is 0.688. The second kappa shape index (κ2) is 5.40. The van der Waals surface area contributed by atoms with E-state index in [1.165, 1.54) is 0 Å². The number of methoxy groups -OCH3 is 1. The van der Waals surface area contributed by atoms with E-state index in [2.05, 4.69) is 4.98 Å². The molecule has 0 atom stereocenters. The van der Waals surface area contributed by atoms with Gasteiger partial charge in [0.25, 0.3) is 0 Å². The maximum atomic E-state index is 5.31. The van der Waals surface area contributed by atoms with Crippen LogP contribution in [0.25, 0.3) is 6.08 Å². The van der Waals surface area contributed by atoms with Crippen LogP contribution in [0, 0.1) is 6.92 Å². The molecule has 1 heterocycles. The zero-order chi connectivity index (χ0) is 10.4. The summed E-state index contributed by atoms with van der Waals surface area (Å²) in [5, 5.41) is 0. The van der Waals surface area contributed by atoms with Gasteiger partial charge in [-0.1, -0.05) is 6.08 Å². The summed E-state index contributed by atoms with van der Waals surface area (Å²) in [4.78, 5) is 4.35. The van der Waals surface area contributed by atoms with Gasteiger partial charge in [-0.3, -0.25) is 0 Å². The van der Waals surface area contributed by atoms with Gasteiger partial charge in [0.05, 0.1) is 11.4 Å². The van der Waals surface area contributed by atoms with Gasteiger partial charge in [-0.15, -0.1) is 0 Å². The maximum absolute atomic E-state index is 5.31. The van der Waals surface area contributed by atoms with Crippen LogP contribution < -0.4 is 4.74 Å². The third kappa shape index (κ3) is 2.85. The van der Waals surface area contributed by atoms with Crippen molar-refractivity contribution >= 4 is 6.08 Å². The molecule has 0 saturated heterocycles. The van der Waals surface area contributed by atoms with Crippen molar-refractivity contribution < 1.29 is 9.47 Å². The van der Waals surface area contributed by atoms with Crippen LogP contribution in [-0.2, 0) is 4.74 Å². The molecule has 0 aliphatic carbocycles. The van der Waals surface area contributed by atoms with Crippen LogP contribution in [0.2, 0.25) is 0 Å². The van der Waals surface area contributed by atoms with Gasteiger partial charge in [-0.05, 0) is 32.1 Å². The normalized spacial score (nSPS) is 10.8. The highest BCUT2D eigenvalue weighted by Gasteiger charge is 2.00. The smallest absolute Gasteiger partial charge is 0.188 e. The number of pyridine rings is 1. The second-order valence-electron chi connectivity index (χ2n) is 2.87. The van der Waals surface area contributed by atoms with E-state index in [-0.39, 0.29) is 6.79 Å². The van der Waals surface area contributed by atoms with Gasteiger partial charge in [0.15, 0.2) is 6.79 Å². The fourth-order valence-corrected chi connectivity index (χ4v) is 1.11. The highest BCUT2D eigenvalue weighted by atomic mass is 16.7. The standard InChI is InChI=1S/C11H15NO2/c1-4-5-10-6-7-11(9(2)12-10)14-8-13-3/h4-7H,8H2,1-3H3. The van der Waals surface area contributed by atoms with Gasteiger partial charge < -0.3 is 9.47 Å². The number of allylic oxidation sites excluding steroid dienone is 1. The molecule has 0 fully saturated rings. The first-order valence-electron chi connectivity index (χ1n) is 4.50. The summed E-state index contributed by atoms with van der Waals surface area (Å²) in [7, 11) is 1.59. The zero-order valence-corrected chi connectivity index (χ0v) is 8.78. The summed E-state index contributed by atoms with van der Waals surface area (Å²) in [6, 6.07) is 3.81. The molecule has 3 nitrogen and oxygen atoms in total. The molecule has 0 N–H and O–H groups in total. The molecule has 0 bridgehead atoms. The molecule has 0 aromatic carbocycles. The predicted octanol–water partition coefficient (Wildman–Crippen LogP) is 2.41. The van der Waals surface area contributed by atoms with Crippen molar-refractivity contribution in [2.24, 2.45) is 0 Å². The maximum Gasteiger partial charge on any atom is 0.188 e. The van der Waals surface area contributed by atoms with Crippen molar-refractivity contribution in [3.63, 3.8) is 0 Å². The van der Waals surface area contributed by atoms with Crippen molar-refractivity contribution in [3.05, 3.63) is 29.6 Å². The van der Waals surface area contributed by atoms with Gasteiger partial charge in [0, 0.05) is 7.11 Å². The van der Waals surface area contributed by atoms with Crippen LogP contribution >= 0.6 is 0 Å². The van der Waals surface area contributed by atoms with E-state index in [1.54, 1.807) is 7.11 Å². The molecule has 0 unspecified atom stereocenters. The summed E-state index contributed by atoms with van der Waals surface area (Å²) < 4.78 is 10.1. The van der Waals surface area contributed by atoms with E-state index >= 15 is 0 Å². The highest BCUT2D eigenvalue weighted by Crippen LogP contribution is 2.16. The SMILES string of the molecule is CC=Cc1ccc(OCOC)c(C)n1. The minimum Gasteiger partial charge on any atom is -0.466 e. The van der Waals surface area contributed by atoms with Crippen LogP contribution in [0.5, 0.6) is 5.75 Å². The van der Waals surface area contributed by atoms with E-state index in [1.807, 2.05) is 38.1 Å². The average Bonchev–Trinajstić information content (AvgIpc) is 2.17.